The number of hydrogen-bond donors (Lipinski definition) is 2. The Balaban J connectivity index is 0. The van der Waals surface area contributed by atoms with Crippen LogP contribution in [0.15, 0.2) is 48.5 Å². The molecule has 0 heterocycles. The summed E-state index contributed by atoms with van der Waals surface area (Å²) in [5.74, 6) is 1.69. The zero-order chi connectivity index (χ0) is 15.8. The summed E-state index contributed by atoms with van der Waals surface area (Å²) in [4.78, 5) is 0. The Morgan fingerprint density at radius 2 is 1.08 bits per heavy atom. The molecule has 2 aromatic carbocycles. The molecule has 2 aromatic rings. The van der Waals surface area contributed by atoms with Gasteiger partial charge in [0.25, 0.3) is 0 Å². The molecule has 0 aromatic heterocycles. The first-order chi connectivity index (χ1) is 10.7. The van der Waals surface area contributed by atoms with Crippen LogP contribution in [0.3, 0.4) is 0 Å². The van der Waals surface area contributed by atoms with E-state index in [0.29, 0.717) is 18.3 Å². The SMILES string of the molecule is CCOc1ccc(NC(=S)Nc2ccc(OCC)cc2)cc1.O.[NaH].[NaH]. The van der Waals surface area contributed by atoms with Gasteiger partial charge < -0.3 is 25.6 Å². The van der Waals surface area contributed by atoms with Crippen molar-refractivity contribution in [3.63, 3.8) is 0 Å². The second-order valence-corrected chi connectivity index (χ2v) is 4.90. The zero-order valence-electron chi connectivity index (χ0n) is 13.3. The topological polar surface area (TPSA) is 74.0 Å². The van der Waals surface area contributed by atoms with E-state index in [1.807, 2.05) is 62.4 Å². The van der Waals surface area contributed by atoms with Gasteiger partial charge in [0.05, 0.1) is 13.2 Å². The molecular weight excluding hydrogens is 358 g/mol. The van der Waals surface area contributed by atoms with Crippen molar-refractivity contribution in [1.29, 1.82) is 0 Å². The standard InChI is InChI=1S/C17H20N2O2S.2Na.H2O.2H/c1-3-20-15-9-5-13(6-10-15)18-17(22)19-14-7-11-16(12-8-14)21-4-2;;;;;/h5-12H,3-4H2,1-2H3,(H2,18,19,22);;;1H2;;. The molecule has 0 bridgehead atoms. The van der Waals surface area contributed by atoms with E-state index in [2.05, 4.69) is 10.6 Å². The first-order valence-electron chi connectivity index (χ1n) is 7.25. The number of nitrogens with one attached hydrogen (secondary N) is 2. The molecule has 8 heteroatoms. The van der Waals surface area contributed by atoms with E-state index in [9.17, 15) is 0 Å². The molecule has 0 aliphatic rings. The van der Waals surface area contributed by atoms with E-state index in [-0.39, 0.29) is 64.6 Å². The molecule has 0 radical (unpaired) electrons. The third kappa shape index (κ3) is 9.82. The molecule has 0 amide bonds. The van der Waals surface area contributed by atoms with Crippen LogP contribution < -0.4 is 20.1 Å². The van der Waals surface area contributed by atoms with Gasteiger partial charge in [-0.05, 0) is 74.6 Å². The third-order valence-electron chi connectivity index (χ3n) is 2.85. The van der Waals surface area contributed by atoms with Gasteiger partial charge >= 0.3 is 59.1 Å². The van der Waals surface area contributed by atoms with E-state index in [0.717, 1.165) is 22.9 Å². The molecule has 0 saturated carbocycles. The molecule has 128 valence electrons. The van der Waals surface area contributed by atoms with Crippen LogP contribution in [0.4, 0.5) is 11.4 Å². The van der Waals surface area contributed by atoms with Gasteiger partial charge in [0, 0.05) is 11.4 Å². The first-order valence-corrected chi connectivity index (χ1v) is 7.65. The fraction of sp³-hybridized carbons (Fsp3) is 0.235. The Morgan fingerprint density at radius 3 is 1.36 bits per heavy atom. The van der Waals surface area contributed by atoms with Crippen LogP contribution in [0.1, 0.15) is 13.8 Å². The molecule has 0 aliphatic heterocycles. The number of anilines is 2. The van der Waals surface area contributed by atoms with Crippen LogP contribution in [0.25, 0.3) is 0 Å². The van der Waals surface area contributed by atoms with Crippen LogP contribution >= 0.6 is 12.2 Å². The van der Waals surface area contributed by atoms with E-state index in [1.165, 1.54) is 0 Å². The Bertz CT molecular complexity index is 557. The predicted molar refractivity (Wildman–Crippen MR) is 113 cm³/mol. The number of benzene rings is 2. The van der Waals surface area contributed by atoms with Gasteiger partial charge in [-0.1, -0.05) is 0 Å². The molecule has 0 aliphatic carbocycles. The quantitative estimate of drug-likeness (QED) is 0.592. The van der Waals surface area contributed by atoms with Gasteiger partial charge in [0.1, 0.15) is 11.5 Å². The Morgan fingerprint density at radius 1 is 0.760 bits per heavy atom. The van der Waals surface area contributed by atoms with Gasteiger partial charge in [-0.25, -0.2) is 0 Å². The summed E-state index contributed by atoms with van der Waals surface area (Å²) < 4.78 is 10.8. The van der Waals surface area contributed by atoms with Crippen LogP contribution in [0.2, 0.25) is 0 Å². The molecule has 4 N–H and O–H groups in total. The molecule has 0 atom stereocenters. The van der Waals surface area contributed by atoms with Crippen LogP contribution in [-0.2, 0) is 0 Å². The van der Waals surface area contributed by atoms with Crippen molar-refractivity contribution in [3.8, 4) is 11.5 Å². The number of hydrogen-bond acceptors (Lipinski definition) is 3. The van der Waals surface area contributed by atoms with Gasteiger partial charge in [0.15, 0.2) is 5.11 Å². The number of ether oxygens (including phenoxy) is 2. The molecular formula is C17H24N2Na2O3S. The minimum absolute atomic E-state index is 0. The zero-order valence-corrected chi connectivity index (χ0v) is 14.1. The molecule has 5 nitrogen and oxygen atoms in total. The summed E-state index contributed by atoms with van der Waals surface area (Å²) in [5.41, 5.74) is 1.82. The van der Waals surface area contributed by atoms with Gasteiger partial charge in [-0.3, -0.25) is 0 Å². The second-order valence-electron chi connectivity index (χ2n) is 4.49. The van der Waals surface area contributed by atoms with Crippen molar-refractivity contribution in [2.45, 2.75) is 13.8 Å². The monoisotopic (exact) mass is 382 g/mol. The molecule has 2 rings (SSSR count). The van der Waals surface area contributed by atoms with Gasteiger partial charge in [-0.15, -0.1) is 0 Å². The fourth-order valence-electron chi connectivity index (χ4n) is 1.90. The van der Waals surface area contributed by atoms with Crippen molar-refractivity contribution in [3.05, 3.63) is 48.5 Å². The molecule has 0 spiro atoms. The summed E-state index contributed by atoms with van der Waals surface area (Å²) in [6.45, 7) is 5.24. The summed E-state index contributed by atoms with van der Waals surface area (Å²) in [6.07, 6.45) is 0. The average molecular weight is 382 g/mol. The maximum atomic E-state index is 5.40. The summed E-state index contributed by atoms with van der Waals surface area (Å²) in [6, 6.07) is 15.3. The van der Waals surface area contributed by atoms with Crippen molar-refractivity contribution in [2.24, 2.45) is 0 Å². The first kappa shape index (κ1) is 26.9. The van der Waals surface area contributed by atoms with Crippen LogP contribution in [0.5, 0.6) is 11.5 Å². The summed E-state index contributed by atoms with van der Waals surface area (Å²) in [7, 11) is 0. The molecule has 0 unspecified atom stereocenters. The summed E-state index contributed by atoms with van der Waals surface area (Å²) >= 11 is 5.30. The maximum absolute atomic E-state index is 5.40. The normalized spacial score (nSPS) is 8.72. The van der Waals surface area contributed by atoms with Gasteiger partial charge in [0.2, 0.25) is 0 Å². The molecule has 0 fully saturated rings. The van der Waals surface area contributed by atoms with E-state index >= 15 is 0 Å². The number of rotatable bonds is 6. The fourth-order valence-corrected chi connectivity index (χ4v) is 2.13. The number of thiocarbonyl (C=S) groups is 1. The van der Waals surface area contributed by atoms with Crippen molar-refractivity contribution in [2.75, 3.05) is 23.8 Å². The van der Waals surface area contributed by atoms with E-state index < -0.39 is 0 Å². The minimum atomic E-state index is 0. The predicted octanol–water partition coefficient (Wildman–Crippen LogP) is 2.17. The second kappa shape index (κ2) is 14.8. The van der Waals surface area contributed by atoms with E-state index in [4.69, 9.17) is 21.7 Å². The van der Waals surface area contributed by atoms with Crippen LogP contribution in [-0.4, -0.2) is 82.9 Å². The Labute approximate surface area is 198 Å². The van der Waals surface area contributed by atoms with Crippen LogP contribution in [0, 0.1) is 0 Å². The van der Waals surface area contributed by atoms with Crippen molar-refractivity contribution < 1.29 is 14.9 Å². The Kier molecular flexibility index (Phi) is 16.0. The van der Waals surface area contributed by atoms with E-state index in [1.54, 1.807) is 0 Å². The summed E-state index contributed by atoms with van der Waals surface area (Å²) in [5, 5.41) is 6.80. The third-order valence-corrected chi connectivity index (χ3v) is 3.05. The molecule has 25 heavy (non-hydrogen) atoms. The average Bonchev–Trinajstić information content (AvgIpc) is 2.52. The molecule has 0 saturated heterocycles. The van der Waals surface area contributed by atoms with Gasteiger partial charge in [-0.2, -0.15) is 0 Å². The Hall–Kier alpha value is -0.310. The van der Waals surface area contributed by atoms with Crippen molar-refractivity contribution >= 4 is 87.8 Å². The van der Waals surface area contributed by atoms with Crippen molar-refractivity contribution in [1.82, 2.24) is 0 Å².